The van der Waals surface area contributed by atoms with E-state index in [0.29, 0.717) is 30.8 Å². The minimum absolute atomic E-state index is 0.292. The lowest BCUT2D eigenvalue weighted by Gasteiger charge is -2.11. The second kappa shape index (κ2) is 5.55. The summed E-state index contributed by atoms with van der Waals surface area (Å²) in [6.45, 7) is 4.75. The Kier molecular flexibility index (Phi) is 3.84. The van der Waals surface area contributed by atoms with E-state index in [1.807, 2.05) is 13.8 Å². The third-order valence-electron chi connectivity index (χ3n) is 1.99. The SMILES string of the molecule is CCOC(OCC)c1nc(-c2ncc[nH]2)no1. The van der Waals surface area contributed by atoms with Crippen LogP contribution in [0, 0.1) is 0 Å². The summed E-state index contributed by atoms with van der Waals surface area (Å²) >= 11 is 0. The third-order valence-corrected chi connectivity index (χ3v) is 1.99. The van der Waals surface area contributed by atoms with Crippen LogP contribution in [0.25, 0.3) is 11.6 Å². The standard InChI is InChI=1S/C10H14N4O3/c1-3-15-10(16-4-2)9-13-8(14-17-9)7-11-5-6-12-7/h5-6,10H,3-4H2,1-2H3,(H,11,12). The molecule has 0 saturated heterocycles. The first-order chi connectivity index (χ1) is 8.35. The Bertz CT molecular complexity index is 434. The van der Waals surface area contributed by atoms with Gasteiger partial charge in [0.2, 0.25) is 12.1 Å². The number of nitrogens with zero attached hydrogens (tertiary/aromatic N) is 3. The summed E-state index contributed by atoms with van der Waals surface area (Å²) in [5, 5.41) is 3.80. The zero-order valence-electron chi connectivity index (χ0n) is 9.71. The number of hydrogen-bond acceptors (Lipinski definition) is 6. The molecule has 1 N–H and O–H groups in total. The van der Waals surface area contributed by atoms with Crippen molar-refractivity contribution in [2.45, 2.75) is 20.1 Å². The van der Waals surface area contributed by atoms with Gasteiger partial charge in [0.05, 0.1) is 0 Å². The van der Waals surface area contributed by atoms with Crippen molar-refractivity contribution < 1.29 is 14.0 Å². The van der Waals surface area contributed by atoms with Crippen molar-refractivity contribution in [1.82, 2.24) is 20.1 Å². The molecule has 2 rings (SSSR count). The first kappa shape index (κ1) is 11.7. The molecule has 0 atom stereocenters. The number of rotatable bonds is 6. The monoisotopic (exact) mass is 238 g/mol. The fourth-order valence-corrected chi connectivity index (χ4v) is 1.31. The molecule has 0 amide bonds. The largest absolute Gasteiger partial charge is 0.345 e. The number of aromatic nitrogens is 4. The highest BCUT2D eigenvalue weighted by molar-refractivity contribution is 5.40. The molecule has 7 heteroatoms. The Morgan fingerprint density at radius 2 is 2.12 bits per heavy atom. The van der Waals surface area contributed by atoms with E-state index in [-0.39, 0.29) is 0 Å². The molecule has 0 aliphatic heterocycles. The number of nitrogens with one attached hydrogen (secondary N) is 1. The Labute approximate surface area is 98.2 Å². The van der Waals surface area contributed by atoms with Crippen molar-refractivity contribution in [3.05, 3.63) is 18.3 Å². The van der Waals surface area contributed by atoms with Crippen LogP contribution < -0.4 is 0 Å². The van der Waals surface area contributed by atoms with Gasteiger partial charge in [-0.3, -0.25) is 0 Å². The highest BCUT2D eigenvalue weighted by atomic mass is 16.7. The zero-order valence-corrected chi connectivity index (χ0v) is 9.71. The molecule has 0 fully saturated rings. The van der Waals surface area contributed by atoms with E-state index in [2.05, 4.69) is 20.1 Å². The van der Waals surface area contributed by atoms with Crippen molar-refractivity contribution in [3.8, 4) is 11.6 Å². The maximum Gasteiger partial charge on any atom is 0.284 e. The van der Waals surface area contributed by atoms with Gasteiger partial charge in [-0.2, -0.15) is 4.98 Å². The van der Waals surface area contributed by atoms with Gasteiger partial charge in [0.25, 0.3) is 5.89 Å². The summed E-state index contributed by atoms with van der Waals surface area (Å²) < 4.78 is 15.8. The normalized spacial score (nSPS) is 11.2. The van der Waals surface area contributed by atoms with Crippen LogP contribution in [-0.4, -0.2) is 33.3 Å². The predicted octanol–water partition coefficient (Wildman–Crippen LogP) is 1.53. The summed E-state index contributed by atoms with van der Waals surface area (Å²) in [6, 6.07) is 0. The van der Waals surface area contributed by atoms with Crippen LogP contribution in [0.1, 0.15) is 26.0 Å². The smallest absolute Gasteiger partial charge is 0.284 e. The molecule has 2 aromatic heterocycles. The van der Waals surface area contributed by atoms with Crippen molar-refractivity contribution in [2.24, 2.45) is 0 Å². The molecule has 17 heavy (non-hydrogen) atoms. The van der Waals surface area contributed by atoms with Crippen LogP contribution in [0.15, 0.2) is 16.9 Å². The molecule has 0 saturated carbocycles. The molecule has 0 aliphatic carbocycles. The van der Waals surface area contributed by atoms with Crippen LogP contribution in [-0.2, 0) is 9.47 Å². The number of hydrogen-bond donors (Lipinski definition) is 1. The lowest BCUT2D eigenvalue weighted by Crippen LogP contribution is -2.09. The van der Waals surface area contributed by atoms with Crippen LogP contribution in [0.5, 0.6) is 0 Å². The van der Waals surface area contributed by atoms with Gasteiger partial charge in [-0.05, 0) is 13.8 Å². The first-order valence-electron chi connectivity index (χ1n) is 5.41. The van der Waals surface area contributed by atoms with Crippen LogP contribution >= 0.6 is 0 Å². The molecule has 0 bridgehead atoms. The second-order valence-corrected chi connectivity index (χ2v) is 3.14. The number of H-pyrrole nitrogens is 1. The Hall–Kier alpha value is -1.73. The quantitative estimate of drug-likeness (QED) is 0.768. The molecular formula is C10H14N4O3. The van der Waals surface area contributed by atoms with Gasteiger partial charge in [0.15, 0.2) is 5.82 Å². The Morgan fingerprint density at radius 3 is 2.71 bits per heavy atom. The number of imidazole rings is 1. The van der Waals surface area contributed by atoms with Crippen LogP contribution in [0.3, 0.4) is 0 Å². The average Bonchev–Trinajstić information content (AvgIpc) is 2.99. The van der Waals surface area contributed by atoms with E-state index in [0.717, 1.165) is 0 Å². The van der Waals surface area contributed by atoms with E-state index >= 15 is 0 Å². The third kappa shape index (κ3) is 2.69. The Morgan fingerprint density at radius 1 is 1.35 bits per heavy atom. The van der Waals surface area contributed by atoms with Crippen molar-refractivity contribution >= 4 is 0 Å². The number of ether oxygens (including phenoxy) is 2. The first-order valence-corrected chi connectivity index (χ1v) is 5.41. The van der Waals surface area contributed by atoms with Crippen LogP contribution in [0.2, 0.25) is 0 Å². The lowest BCUT2D eigenvalue weighted by atomic mass is 10.5. The van der Waals surface area contributed by atoms with Gasteiger partial charge in [-0.15, -0.1) is 0 Å². The second-order valence-electron chi connectivity index (χ2n) is 3.14. The molecule has 7 nitrogen and oxygen atoms in total. The maximum absolute atomic E-state index is 5.35. The fraction of sp³-hybridized carbons (Fsp3) is 0.500. The van der Waals surface area contributed by atoms with Gasteiger partial charge in [-0.1, -0.05) is 5.16 Å². The molecular weight excluding hydrogens is 224 g/mol. The summed E-state index contributed by atoms with van der Waals surface area (Å²) in [5.74, 6) is 1.22. The minimum atomic E-state index is -0.624. The van der Waals surface area contributed by atoms with E-state index in [9.17, 15) is 0 Å². The molecule has 0 spiro atoms. The van der Waals surface area contributed by atoms with Crippen LogP contribution in [0.4, 0.5) is 0 Å². The van der Waals surface area contributed by atoms with E-state index < -0.39 is 6.29 Å². The zero-order chi connectivity index (χ0) is 12.1. The summed E-state index contributed by atoms with van der Waals surface area (Å²) in [7, 11) is 0. The molecule has 0 unspecified atom stereocenters. The summed E-state index contributed by atoms with van der Waals surface area (Å²) in [5.41, 5.74) is 0. The van der Waals surface area contributed by atoms with Gasteiger partial charge in [0, 0.05) is 25.6 Å². The molecule has 92 valence electrons. The summed E-state index contributed by atoms with van der Waals surface area (Å²) in [4.78, 5) is 11.1. The van der Waals surface area contributed by atoms with E-state index in [4.69, 9.17) is 14.0 Å². The topological polar surface area (TPSA) is 86.1 Å². The fourth-order valence-electron chi connectivity index (χ4n) is 1.31. The highest BCUT2D eigenvalue weighted by Crippen LogP contribution is 2.19. The van der Waals surface area contributed by atoms with Crippen molar-refractivity contribution in [3.63, 3.8) is 0 Å². The molecule has 2 aromatic rings. The maximum atomic E-state index is 5.35. The van der Waals surface area contributed by atoms with Gasteiger partial charge >= 0.3 is 0 Å². The number of aromatic amines is 1. The Balaban J connectivity index is 2.15. The highest BCUT2D eigenvalue weighted by Gasteiger charge is 2.20. The minimum Gasteiger partial charge on any atom is -0.345 e. The van der Waals surface area contributed by atoms with E-state index in [1.54, 1.807) is 12.4 Å². The van der Waals surface area contributed by atoms with Gasteiger partial charge in [-0.25, -0.2) is 4.98 Å². The molecule has 0 aliphatic rings. The van der Waals surface area contributed by atoms with E-state index in [1.165, 1.54) is 0 Å². The van der Waals surface area contributed by atoms with Gasteiger partial charge < -0.3 is 19.0 Å². The lowest BCUT2D eigenvalue weighted by molar-refractivity contribution is -0.155. The van der Waals surface area contributed by atoms with Gasteiger partial charge in [0.1, 0.15) is 0 Å². The van der Waals surface area contributed by atoms with Crippen molar-refractivity contribution in [2.75, 3.05) is 13.2 Å². The average molecular weight is 238 g/mol. The predicted molar refractivity (Wildman–Crippen MR) is 57.9 cm³/mol. The molecule has 0 radical (unpaired) electrons. The molecule has 2 heterocycles. The molecule has 0 aromatic carbocycles. The van der Waals surface area contributed by atoms with Crippen molar-refractivity contribution in [1.29, 1.82) is 0 Å². The summed E-state index contributed by atoms with van der Waals surface area (Å²) in [6.07, 6.45) is 2.68.